The molecule has 9 heteroatoms. The molecule has 0 fully saturated rings. The lowest BCUT2D eigenvalue weighted by Gasteiger charge is -2.26. The maximum Gasteiger partial charge on any atom is 0.306 e. The third kappa shape index (κ3) is 83.8. The number of nitrogens with zero attached hydrogens (tertiary/aromatic N) is 1. The molecule has 0 heterocycles. The summed E-state index contributed by atoms with van der Waals surface area (Å²) in [5, 5.41) is 11.9. The minimum atomic E-state index is -1.64. The number of carboxylic acid groups (broad SMARTS) is 1. The molecule has 586 valence electrons. The van der Waals surface area contributed by atoms with E-state index in [2.05, 4.69) is 184 Å². The van der Waals surface area contributed by atoms with Crippen molar-refractivity contribution in [3.05, 3.63) is 170 Å². The van der Waals surface area contributed by atoms with Crippen molar-refractivity contribution in [2.45, 2.75) is 360 Å². The van der Waals surface area contributed by atoms with Gasteiger partial charge in [-0.15, -0.1) is 0 Å². The average molecular weight is 1430 g/mol. The van der Waals surface area contributed by atoms with Crippen LogP contribution in [0.2, 0.25) is 0 Å². The van der Waals surface area contributed by atoms with Crippen LogP contribution in [0, 0.1) is 0 Å². The highest BCUT2D eigenvalue weighted by Crippen LogP contribution is 2.18. The molecule has 0 aromatic rings. The van der Waals surface area contributed by atoms with Crippen molar-refractivity contribution in [1.82, 2.24) is 0 Å². The number of unbranched alkanes of at least 4 members (excludes halogenated alkanes) is 34. The maximum absolute atomic E-state index is 13.0. The van der Waals surface area contributed by atoms with E-state index in [4.69, 9.17) is 18.9 Å². The number of esters is 2. The van der Waals surface area contributed by atoms with Crippen molar-refractivity contribution in [2.75, 3.05) is 47.5 Å². The number of carbonyl (C=O) groups excluding carboxylic acids is 3. The Hall–Kier alpha value is -5.35. The summed E-state index contributed by atoms with van der Waals surface area (Å²) in [5.74, 6) is -2.34. The van der Waals surface area contributed by atoms with Crippen molar-refractivity contribution in [3.63, 3.8) is 0 Å². The molecule has 0 bridgehead atoms. The number of carboxylic acids is 1. The third-order valence-electron chi connectivity index (χ3n) is 17.9. The van der Waals surface area contributed by atoms with E-state index < -0.39 is 24.3 Å². The molecule has 103 heavy (non-hydrogen) atoms. The van der Waals surface area contributed by atoms with Crippen LogP contribution in [-0.2, 0) is 33.3 Å². The van der Waals surface area contributed by atoms with Crippen LogP contribution in [0.4, 0.5) is 0 Å². The summed E-state index contributed by atoms with van der Waals surface area (Å²) < 4.78 is 22.8. The smallest absolute Gasteiger partial charge is 0.306 e. The number of allylic oxidation sites excluding steroid dienone is 28. The van der Waals surface area contributed by atoms with Gasteiger partial charge < -0.3 is 33.3 Å². The zero-order valence-corrected chi connectivity index (χ0v) is 67.1. The van der Waals surface area contributed by atoms with Gasteiger partial charge in [0.05, 0.1) is 40.3 Å². The van der Waals surface area contributed by atoms with Gasteiger partial charge in [-0.2, -0.15) is 0 Å². The zero-order valence-electron chi connectivity index (χ0n) is 67.1. The molecule has 0 saturated carbocycles. The van der Waals surface area contributed by atoms with Crippen LogP contribution < -0.4 is 5.11 Å². The summed E-state index contributed by atoms with van der Waals surface area (Å²) in [6.45, 7) is 4.59. The van der Waals surface area contributed by atoms with Gasteiger partial charge in [-0.3, -0.25) is 9.59 Å². The summed E-state index contributed by atoms with van der Waals surface area (Å²) in [5.41, 5.74) is 0. The molecular weight excluding hydrogens is 1270 g/mol. The highest BCUT2D eigenvalue weighted by Gasteiger charge is 2.22. The quantitative estimate of drug-likeness (QED) is 0.0195. The lowest BCUT2D eigenvalue weighted by atomic mass is 10.0. The summed E-state index contributed by atoms with van der Waals surface area (Å²) in [7, 11) is 5.92. The van der Waals surface area contributed by atoms with Gasteiger partial charge in [-0.25, -0.2) is 0 Å². The Morgan fingerprint density at radius 2 is 0.553 bits per heavy atom. The van der Waals surface area contributed by atoms with Crippen molar-refractivity contribution >= 4 is 17.9 Å². The lowest BCUT2D eigenvalue weighted by Crippen LogP contribution is -2.44. The highest BCUT2D eigenvalue weighted by molar-refractivity contribution is 5.70. The van der Waals surface area contributed by atoms with E-state index in [-0.39, 0.29) is 38.6 Å². The predicted octanol–water partition coefficient (Wildman–Crippen LogP) is 26.4. The number of rotatable bonds is 77. The SMILES string of the molecule is CC/C=C\C/C=C\C/C=C\C/C=C\C/C=C\C/C=C\C/C=C\C/C=C\C/C=C\C/C=C\C/C=C\C/C=C\CCCCC(=O)OC(COC(=O)CCCCCCCCCCCCCCCCCCCCCCCCCCCCC/C=C\C/C=C\CCCCCCC)COC(OCC[N+](C)(C)C)C(=O)[O-]. The molecule has 0 aromatic carbocycles. The molecule has 0 amide bonds. The van der Waals surface area contributed by atoms with Crippen LogP contribution in [0.1, 0.15) is 348 Å². The van der Waals surface area contributed by atoms with Crippen LogP contribution in [0.3, 0.4) is 0 Å². The topological polar surface area (TPSA) is 111 Å². The number of aliphatic carboxylic acids is 1. The fourth-order valence-corrected chi connectivity index (χ4v) is 11.6. The number of quaternary nitrogens is 1. The number of hydrogen-bond acceptors (Lipinski definition) is 8. The summed E-state index contributed by atoms with van der Waals surface area (Å²) in [4.78, 5) is 37.6. The third-order valence-corrected chi connectivity index (χ3v) is 17.9. The summed E-state index contributed by atoms with van der Waals surface area (Å²) in [6.07, 6.45) is 121. The van der Waals surface area contributed by atoms with E-state index in [9.17, 15) is 19.5 Å². The predicted molar refractivity (Wildman–Crippen MR) is 444 cm³/mol. The van der Waals surface area contributed by atoms with Gasteiger partial charge in [0.25, 0.3) is 0 Å². The van der Waals surface area contributed by atoms with Crippen molar-refractivity contribution in [3.8, 4) is 0 Å². The molecule has 9 nitrogen and oxygen atoms in total. The van der Waals surface area contributed by atoms with Gasteiger partial charge in [0.1, 0.15) is 13.2 Å². The number of likely N-dealkylation sites (N-methyl/N-ethyl adjacent to an activating group) is 1. The number of ether oxygens (including phenoxy) is 4. The lowest BCUT2D eigenvalue weighted by molar-refractivity contribution is -0.870. The maximum atomic E-state index is 13.0. The fraction of sp³-hybridized carbons (Fsp3) is 0.670. The van der Waals surface area contributed by atoms with Gasteiger partial charge in [-0.05, 0) is 135 Å². The standard InChI is InChI=1S/C94H157NO8/c1-6-8-10-12-14-16-18-20-22-24-26-28-30-32-34-36-38-40-42-44-46-48-50-52-54-56-58-60-62-64-66-68-70-72-74-76-78-80-82-84-91(96)101-88-90(89-102-94(93(98)99)100-87-86-95(3,4)5)103-92(97)85-83-81-79-77-75-73-71-69-67-65-63-61-59-57-55-53-51-49-47-45-43-41-39-37-35-33-31-29-27-25-23-21-19-17-15-13-11-9-7-2/h9,11,15,17-18,20-21,23-24,26-27,29,33,35,39,41,45,47,51,53,57,59,63,65,69,71,75,77,90,94H,6-8,10,12-14,16,19,22,25,28,30-32,34,36-38,40,42-44,46,48-50,52,54-56,58,60-62,64,66-68,70,72-74,76,78-89H2,1-5H3/b11-9-,17-15-,20-18-,23-21-,26-24-,29-27-,35-33-,41-39-,47-45-,53-51-,59-57-,65-63-,71-69-,77-75-. The van der Waals surface area contributed by atoms with Crippen LogP contribution >= 0.6 is 0 Å². The van der Waals surface area contributed by atoms with E-state index >= 15 is 0 Å². The molecule has 0 aliphatic rings. The second-order valence-corrected chi connectivity index (χ2v) is 29.0. The molecule has 2 atom stereocenters. The second-order valence-electron chi connectivity index (χ2n) is 29.0. The van der Waals surface area contributed by atoms with E-state index in [1.807, 2.05) is 21.1 Å². The zero-order chi connectivity index (χ0) is 74.6. The van der Waals surface area contributed by atoms with Gasteiger partial charge in [0.15, 0.2) is 12.4 Å². The van der Waals surface area contributed by atoms with Crippen LogP contribution in [0.5, 0.6) is 0 Å². The molecule has 0 spiro atoms. The number of hydrogen-bond donors (Lipinski definition) is 0. The Morgan fingerprint density at radius 3 is 0.845 bits per heavy atom. The fourth-order valence-electron chi connectivity index (χ4n) is 11.6. The first-order valence-electron chi connectivity index (χ1n) is 42.3. The first-order chi connectivity index (χ1) is 50.6. The Kier molecular flexibility index (Phi) is 78.0. The van der Waals surface area contributed by atoms with Crippen molar-refractivity contribution in [1.29, 1.82) is 0 Å². The molecule has 2 unspecified atom stereocenters. The van der Waals surface area contributed by atoms with E-state index in [1.165, 1.54) is 199 Å². The van der Waals surface area contributed by atoms with Gasteiger partial charge >= 0.3 is 11.9 Å². The molecule has 0 aliphatic heterocycles. The molecule has 0 N–H and O–H groups in total. The van der Waals surface area contributed by atoms with Crippen LogP contribution in [-0.4, -0.2) is 82.3 Å². The van der Waals surface area contributed by atoms with E-state index in [1.54, 1.807) is 0 Å². The minimum Gasteiger partial charge on any atom is -0.545 e. The Balaban J connectivity index is 4.11. The average Bonchev–Trinajstić information content (AvgIpc) is 0.985. The molecule has 0 aliphatic carbocycles. The van der Waals surface area contributed by atoms with E-state index in [0.29, 0.717) is 17.4 Å². The largest absolute Gasteiger partial charge is 0.545 e. The Morgan fingerprint density at radius 1 is 0.301 bits per heavy atom. The van der Waals surface area contributed by atoms with E-state index in [0.717, 1.165) is 116 Å². The molecule has 0 aromatic heterocycles. The van der Waals surface area contributed by atoms with Crippen LogP contribution in [0.25, 0.3) is 0 Å². The minimum absolute atomic E-state index is 0.132. The van der Waals surface area contributed by atoms with Gasteiger partial charge in [0, 0.05) is 12.8 Å². The van der Waals surface area contributed by atoms with Crippen molar-refractivity contribution < 1.29 is 42.9 Å². The van der Waals surface area contributed by atoms with Crippen molar-refractivity contribution in [2.24, 2.45) is 0 Å². The van der Waals surface area contributed by atoms with Crippen LogP contribution in [0.15, 0.2) is 170 Å². The van der Waals surface area contributed by atoms with Gasteiger partial charge in [-0.1, -0.05) is 370 Å². The molecule has 0 rings (SSSR count). The first kappa shape index (κ1) is 97.7. The first-order valence-corrected chi connectivity index (χ1v) is 42.3. The molecular formula is C94H157NO8. The second kappa shape index (κ2) is 82.3. The Bertz CT molecular complexity index is 2310. The molecule has 0 radical (unpaired) electrons. The normalized spacial score (nSPS) is 13.5. The molecule has 0 saturated heterocycles. The Labute approximate surface area is 635 Å². The number of carbonyl (C=O) groups is 3. The van der Waals surface area contributed by atoms with Gasteiger partial charge in [0.2, 0.25) is 0 Å². The monoisotopic (exact) mass is 1430 g/mol. The summed E-state index contributed by atoms with van der Waals surface area (Å²) in [6, 6.07) is 0. The highest BCUT2D eigenvalue weighted by atomic mass is 16.7. The summed E-state index contributed by atoms with van der Waals surface area (Å²) >= 11 is 0.